The van der Waals surface area contributed by atoms with E-state index in [1.54, 1.807) is 35.7 Å². The van der Waals surface area contributed by atoms with E-state index in [1.165, 1.54) is 31.2 Å². The number of fused-ring (bicyclic) bond motifs is 1. The van der Waals surface area contributed by atoms with Gasteiger partial charge in [-0.1, -0.05) is 0 Å². The number of hydrogen-bond acceptors (Lipinski definition) is 5. The van der Waals surface area contributed by atoms with Gasteiger partial charge in [0.1, 0.15) is 5.82 Å². The van der Waals surface area contributed by atoms with Crippen LogP contribution in [0.2, 0.25) is 0 Å². The number of imidazole rings is 1. The second-order valence-corrected chi connectivity index (χ2v) is 7.76. The second kappa shape index (κ2) is 8.03. The largest absolute Gasteiger partial charge is 0.381 e. The molecule has 3 N–H and O–H groups in total. The highest BCUT2D eigenvalue weighted by Gasteiger charge is 2.11. The number of nitrogens with zero attached hydrogens (tertiary/aromatic N) is 2. The first-order valence-electron chi connectivity index (χ1n) is 8.45. The van der Waals surface area contributed by atoms with Gasteiger partial charge in [0.05, 0.1) is 16.6 Å². The maximum absolute atomic E-state index is 13.3. The zero-order valence-electron chi connectivity index (χ0n) is 14.9. The number of hydrogen-bond donors (Lipinski definition) is 2. The first-order valence-corrected chi connectivity index (χ1v) is 10.00. The molecule has 144 valence electrons. The minimum absolute atomic E-state index is 0.0173. The van der Waals surface area contributed by atoms with Crippen molar-refractivity contribution in [3.8, 4) is 0 Å². The molecule has 9 heteroatoms. The van der Waals surface area contributed by atoms with Crippen LogP contribution < -0.4 is 10.5 Å². The molecule has 3 aromatic rings. The van der Waals surface area contributed by atoms with E-state index in [-0.39, 0.29) is 10.7 Å². The van der Waals surface area contributed by atoms with Gasteiger partial charge < -0.3 is 10.1 Å². The molecule has 0 unspecified atom stereocenters. The van der Waals surface area contributed by atoms with Crippen molar-refractivity contribution in [2.75, 3.05) is 18.5 Å². The molecule has 3 heterocycles. The molecule has 0 atom stereocenters. The lowest BCUT2D eigenvalue weighted by Crippen LogP contribution is -2.13. The SMILES string of the molecule is C1CCOC1.Cc1cc(Nc2ncc3ccc(S(N)(=O)=O)cn23)ccc1F. The third-order valence-corrected chi connectivity index (χ3v) is 4.97. The van der Waals surface area contributed by atoms with Crippen molar-refractivity contribution in [2.24, 2.45) is 5.14 Å². The number of nitrogens with one attached hydrogen (secondary N) is 1. The third-order valence-electron chi connectivity index (χ3n) is 4.07. The Morgan fingerprint density at radius 3 is 2.56 bits per heavy atom. The number of primary sulfonamides is 1. The molecule has 1 aromatic carbocycles. The summed E-state index contributed by atoms with van der Waals surface area (Å²) < 4.78 is 42.7. The summed E-state index contributed by atoms with van der Waals surface area (Å²) in [6, 6.07) is 7.59. The number of rotatable bonds is 3. The summed E-state index contributed by atoms with van der Waals surface area (Å²) in [4.78, 5) is 4.17. The van der Waals surface area contributed by atoms with Crippen LogP contribution in [0, 0.1) is 12.7 Å². The third kappa shape index (κ3) is 4.82. The summed E-state index contributed by atoms with van der Waals surface area (Å²) in [7, 11) is -3.80. The molecule has 1 aliphatic heterocycles. The zero-order chi connectivity index (χ0) is 19.4. The smallest absolute Gasteiger partial charge is 0.239 e. The van der Waals surface area contributed by atoms with Gasteiger partial charge in [-0.25, -0.2) is 22.9 Å². The number of pyridine rings is 1. The summed E-state index contributed by atoms with van der Waals surface area (Å²) >= 11 is 0. The highest BCUT2D eigenvalue weighted by Crippen LogP contribution is 2.21. The van der Waals surface area contributed by atoms with Crippen LogP contribution in [0.15, 0.2) is 47.6 Å². The average Bonchev–Trinajstić information content (AvgIpc) is 3.31. The summed E-state index contributed by atoms with van der Waals surface area (Å²) in [5, 5.41) is 8.16. The van der Waals surface area contributed by atoms with Gasteiger partial charge in [0.25, 0.3) is 0 Å². The number of ether oxygens (including phenoxy) is 1. The van der Waals surface area contributed by atoms with E-state index in [0.717, 1.165) is 13.2 Å². The molecule has 0 bridgehead atoms. The Kier molecular flexibility index (Phi) is 5.73. The predicted molar refractivity (Wildman–Crippen MR) is 101 cm³/mol. The summed E-state index contributed by atoms with van der Waals surface area (Å²) in [6.45, 7) is 3.66. The van der Waals surface area contributed by atoms with Gasteiger partial charge in [-0.2, -0.15) is 0 Å². The van der Waals surface area contributed by atoms with Crippen LogP contribution in [0.1, 0.15) is 18.4 Å². The number of aromatic nitrogens is 2. The summed E-state index contributed by atoms with van der Waals surface area (Å²) in [5.74, 6) is 0.113. The predicted octanol–water partition coefficient (Wildman–Crippen LogP) is 2.97. The number of anilines is 2. The van der Waals surface area contributed by atoms with Crippen LogP contribution >= 0.6 is 0 Å². The highest BCUT2D eigenvalue weighted by molar-refractivity contribution is 7.89. The monoisotopic (exact) mass is 392 g/mol. The minimum atomic E-state index is -3.80. The lowest BCUT2D eigenvalue weighted by Gasteiger charge is -2.07. The molecular weight excluding hydrogens is 371 g/mol. The Balaban J connectivity index is 0.000000364. The van der Waals surface area contributed by atoms with Gasteiger partial charge in [-0.15, -0.1) is 0 Å². The fourth-order valence-electron chi connectivity index (χ4n) is 2.59. The number of nitrogens with two attached hydrogens (primary N) is 1. The van der Waals surface area contributed by atoms with Gasteiger partial charge >= 0.3 is 0 Å². The van der Waals surface area contributed by atoms with Crippen LogP contribution in [-0.2, 0) is 14.8 Å². The quantitative estimate of drug-likeness (QED) is 0.714. The molecular formula is C18H21FN4O3S. The van der Waals surface area contributed by atoms with Crippen LogP contribution in [0.3, 0.4) is 0 Å². The van der Waals surface area contributed by atoms with E-state index in [9.17, 15) is 12.8 Å². The molecule has 0 radical (unpaired) electrons. The van der Waals surface area contributed by atoms with Crippen LogP contribution in [0.4, 0.5) is 16.0 Å². The van der Waals surface area contributed by atoms with E-state index >= 15 is 0 Å². The molecule has 1 saturated heterocycles. The normalized spacial score (nSPS) is 14.0. The van der Waals surface area contributed by atoms with Gasteiger partial charge in [0.2, 0.25) is 16.0 Å². The first kappa shape index (κ1) is 19.3. The Morgan fingerprint density at radius 1 is 1.22 bits per heavy atom. The second-order valence-electron chi connectivity index (χ2n) is 6.19. The van der Waals surface area contributed by atoms with Crippen LogP contribution in [0.25, 0.3) is 5.52 Å². The van der Waals surface area contributed by atoms with Crippen molar-refractivity contribution in [3.63, 3.8) is 0 Å². The molecule has 0 saturated carbocycles. The Morgan fingerprint density at radius 2 is 1.96 bits per heavy atom. The molecule has 1 fully saturated rings. The van der Waals surface area contributed by atoms with Crippen molar-refractivity contribution in [1.82, 2.24) is 9.38 Å². The van der Waals surface area contributed by atoms with Crippen molar-refractivity contribution in [2.45, 2.75) is 24.7 Å². The summed E-state index contributed by atoms with van der Waals surface area (Å²) in [5.41, 5.74) is 1.84. The molecule has 0 amide bonds. The molecule has 0 aliphatic carbocycles. The number of benzene rings is 1. The van der Waals surface area contributed by atoms with Crippen LogP contribution in [-0.4, -0.2) is 31.0 Å². The van der Waals surface area contributed by atoms with Crippen molar-refractivity contribution >= 4 is 27.2 Å². The zero-order valence-corrected chi connectivity index (χ0v) is 15.7. The van der Waals surface area contributed by atoms with Crippen molar-refractivity contribution in [1.29, 1.82) is 0 Å². The van der Waals surface area contributed by atoms with Crippen molar-refractivity contribution in [3.05, 3.63) is 54.1 Å². The first-order chi connectivity index (χ1) is 12.8. The Bertz CT molecular complexity index is 1040. The Hall–Kier alpha value is -2.49. The number of halogens is 1. The van der Waals surface area contributed by atoms with Gasteiger partial charge in [-0.3, -0.25) is 4.40 Å². The van der Waals surface area contributed by atoms with E-state index in [2.05, 4.69) is 10.3 Å². The number of aryl methyl sites for hydroxylation is 1. The highest BCUT2D eigenvalue weighted by atomic mass is 32.2. The molecule has 2 aromatic heterocycles. The van der Waals surface area contributed by atoms with E-state index in [0.29, 0.717) is 22.7 Å². The molecule has 27 heavy (non-hydrogen) atoms. The molecule has 7 nitrogen and oxygen atoms in total. The van der Waals surface area contributed by atoms with Gasteiger partial charge in [-0.05, 0) is 55.7 Å². The maximum atomic E-state index is 13.3. The van der Waals surface area contributed by atoms with Crippen LogP contribution in [0.5, 0.6) is 0 Å². The van der Waals surface area contributed by atoms with E-state index < -0.39 is 10.0 Å². The average molecular weight is 392 g/mol. The van der Waals surface area contributed by atoms with Gasteiger partial charge in [0.15, 0.2) is 0 Å². The van der Waals surface area contributed by atoms with Crippen molar-refractivity contribution < 1.29 is 17.5 Å². The lowest BCUT2D eigenvalue weighted by molar-refractivity contribution is 0.198. The lowest BCUT2D eigenvalue weighted by atomic mass is 10.2. The summed E-state index contributed by atoms with van der Waals surface area (Å²) in [6.07, 6.45) is 5.53. The van der Waals surface area contributed by atoms with Gasteiger partial charge in [0, 0.05) is 25.1 Å². The molecule has 4 rings (SSSR count). The minimum Gasteiger partial charge on any atom is -0.381 e. The van der Waals surface area contributed by atoms with E-state index in [4.69, 9.17) is 9.88 Å². The number of sulfonamides is 1. The molecule has 1 aliphatic rings. The topological polar surface area (TPSA) is 98.7 Å². The standard InChI is InChI=1S/C14H13FN4O2S.C4H8O/c1-9-6-10(2-5-13(9)15)18-14-17-7-11-3-4-12(8-19(11)14)22(16,20)21;1-2-4-5-3-1/h2-8H,1H3,(H,17,18)(H2,16,20,21);1-4H2. The van der Waals surface area contributed by atoms with E-state index in [1.807, 2.05) is 0 Å². The fourth-order valence-corrected chi connectivity index (χ4v) is 3.10. The fraction of sp³-hybridized carbons (Fsp3) is 0.278. The maximum Gasteiger partial charge on any atom is 0.239 e. The Labute approximate surface area is 157 Å². The molecule has 0 spiro atoms.